The highest BCUT2D eigenvalue weighted by Crippen LogP contribution is 2.33. The second-order valence-electron chi connectivity index (χ2n) is 9.96. The number of nitriles is 1. The molecule has 2 aromatic carbocycles. The minimum atomic E-state index is -1.00. The third kappa shape index (κ3) is 5.19. The third-order valence-electron chi connectivity index (χ3n) is 7.12. The smallest absolute Gasteiger partial charge is 0.337 e. The van der Waals surface area contributed by atoms with Gasteiger partial charge >= 0.3 is 5.97 Å². The first-order chi connectivity index (χ1) is 17.8. The lowest BCUT2D eigenvalue weighted by atomic mass is 10.0. The maximum absolute atomic E-state index is 12.5. The van der Waals surface area contributed by atoms with Crippen LogP contribution in [0, 0.1) is 24.2 Å². The summed E-state index contributed by atoms with van der Waals surface area (Å²) in [6, 6.07) is 12.7. The number of carbonyl (C=O) groups excluding carboxylic acids is 1. The lowest BCUT2D eigenvalue weighted by molar-refractivity contribution is -0.131. The van der Waals surface area contributed by atoms with Gasteiger partial charge in [0.05, 0.1) is 22.6 Å². The molecule has 1 amide bonds. The molecule has 0 spiro atoms. The number of aromatic carboxylic acids is 1. The van der Waals surface area contributed by atoms with Crippen molar-refractivity contribution in [3.63, 3.8) is 0 Å². The number of carboxylic acid groups (broad SMARTS) is 1. The first-order valence-corrected chi connectivity index (χ1v) is 12.7. The highest BCUT2D eigenvalue weighted by atomic mass is 16.4. The van der Waals surface area contributed by atoms with Gasteiger partial charge in [-0.2, -0.15) is 5.26 Å². The number of benzene rings is 2. The maximum Gasteiger partial charge on any atom is 0.337 e. The Morgan fingerprint density at radius 2 is 1.89 bits per heavy atom. The molecule has 0 bridgehead atoms. The lowest BCUT2D eigenvalue weighted by Gasteiger charge is -2.35. The Bertz CT molecular complexity index is 1400. The Morgan fingerprint density at radius 3 is 2.57 bits per heavy atom. The van der Waals surface area contributed by atoms with Crippen molar-refractivity contribution in [1.29, 1.82) is 5.26 Å². The van der Waals surface area contributed by atoms with Crippen molar-refractivity contribution in [3.05, 3.63) is 58.8 Å². The molecule has 9 heteroatoms. The quantitative estimate of drug-likeness (QED) is 0.499. The Morgan fingerprint density at radius 1 is 1.16 bits per heavy atom. The lowest BCUT2D eigenvalue weighted by Crippen LogP contribution is -2.49. The van der Waals surface area contributed by atoms with E-state index in [1.165, 1.54) is 0 Å². The van der Waals surface area contributed by atoms with Crippen LogP contribution in [0.3, 0.4) is 0 Å². The number of para-hydroxylation sites is 1. The number of anilines is 2. The van der Waals surface area contributed by atoms with E-state index in [2.05, 4.69) is 16.4 Å². The molecule has 1 aliphatic carbocycles. The molecule has 1 unspecified atom stereocenters. The van der Waals surface area contributed by atoms with E-state index < -0.39 is 5.97 Å². The predicted molar refractivity (Wildman–Crippen MR) is 141 cm³/mol. The molecule has 9 nitrogen and oxygen atoms in total. The number of aryl methyl sites for hydroxylation is 1. The predicted octanol–water partition coefficient (Wildman–Crippen LogP) is 4.13. The van der Waals surface area contributed by atoms with E-state index >= 15 is 0 Å². The van der Waals surface area contributed by atoms with Crippen LogP contribution in [0.15, 0.2) is 36.4 Å². The summed E-state index contributed by atoms with van der Waals surface area (Å²) in [5.74, 6) is 0.293. The van der Waals surface area contributed by atoms with Gasteiger partial charge in [0.25, 0.3) is 0 Å². The molecule has 190 valence electrons. The van der Waals surface area contributed by atoms with Gasteiger partial charge in [-0.1, -0.05) is 18.2 Å². The number of fused-ring (bicyclic) bond motifs is 1. The average molecular weight is 499 g/mol. The standard InChI is InChI=1S/C28H30N6O3/c1-17-13-21(18(2)30-22-6-4-3-5-20(22)28(36)37)26-23(14-17)31-24(16-29)27(32-26)34-11-9-33(10-12-34)25(35)15-19-7-8-19/h3-6,13-14,18-19,30H,7-12,15H2,1-2H3,(H,36,37). The van der Waals surface area contributed by atoms with Crippen LogP contribution < -0.4 is 10.2 Å². The van der Waals surface area contributed by atoms with Crippen LogP contribution in [-0.2, 0) is 4.79 Å². The first kappa shape index (κ1) is 24.5. The molecule has 5 rings (SSSR count). The van der Waals surface area contributed by atoms with Crippen molar-refractivity contribution >= 4 is 34.4 Å². The summed E-state index contributed by atoms with van der Waals surface area (Å²) in [5, 5.41) is 22.8. The average Bonchev–Trinajstić information content (AvgIpc) is 3.71. The van der Waals surface area contributed by atoms with E-state index in [4.69, 9.17) is 4.98 Å². The number of nitrogens with zero attached hydrogens (tertiary/aromatic N) is 5. The van der Waals surface area contributed by atoms with Gasteiger partial charge in [-0.05, 0) is 56.4 Å². The second-order valence-corrected chi connectivity index (χ2v) is 9.96. The van der Waals surface area contributed by atoms with E-state index in [0.29, 0.717) is 61.1 Å². The fourth-order valence-corrected chi connectivity index (χ4v) is 4.92. The monoisotopic (exact) mass is 498 g/mol. The molecule has 1 saturated heterocycles. The number of nitrogens with one attached hydrogen (secondary N) is 1. The molecule has 1 saturated carbocycles. The van der Waals surface area contributed by atoms with Gasteiger partial charge in [-0.3, -0.25) is 4.79 Å². The molecule has 2 aliphatic rings. The van der Waals surface area contributed by atoms with Gasteiger partial charge in [0, 0.05) is 43.9 Å². The zero-order valence-electron chi connectivity index (χ0n) is 21.1. The molecule has 3 aromatic rings. The van der Waals surface area contributed by atoms with Gasteiger partial charge in [0.15, 0.2) is 11.5 Å². The van der Waals surface area contributed by atoms with Crippen molar-refractivity contribution < 1.29 is 14.7 Å². The van der Waals surface area contributed by atoms with E-state index in [9.17, 15) is 20.0 Å². The zero-order valence-corrected chi connectivity index (χ0v) is 21.1. The summed E-state index contributed by atoms with van der Waals surface area (Å²) in [6.07, 6.45) is 2.94. The fourth-order valence-electron chi connectivity index (χ4n) is 4.92. The van der Waals surface area contributed by atoms with Crippen molar-refractivity contribution in [2.45, 2.75) is 39.2 Å². The number of carbonyl (C=O) groups is 2. The first-order valence-electron chi connectivity index (χ1n) is 12.7. The Kier molecular flexibility index (Phi) is 6.66. The molecule has 37 heavy (non-hydrogen) atoms. The van der Waals surface area contributed by atoms with Gasteiger partial charge in [-0.15, -0.1) is 0 Å². The molecule has 0 radical (unpaired) electrons. The summed E-state index contributed by atoms with van der Waals surface area (Å²) in [7, 11) is 0. The normalized spacial score (nSPS) is 16.4. The SMILES string of the molecule is Cc1cc(C(C)Nc2ccccc2C(=O)O)c2nc(N3CCN(C(=O)CC4CC4)CC3)c(C#N)nc2c1. The number of aromatic nitrogens is 2. The molecular formula is C28H30N6O3. The van der Waals surface area contributed by atoms with Crippen molar-refractivity contribution in [2.75, 3.05) is 36.4 Å². The highest BCUT2D eigenvalue weighted by molar-refractivity contribution is 5.94. The molecule has 1 atom stereocenters. The third-order valence-corrected chi connectivity index (χ3v) is 7.12. The van der Waals surface area contributed by atoms with E-state index in [0.717, 1.165) is 24.0 Å². The Balaban J connectivity index is 1.45. The van der Waals surface area contributed by atoms with Gasteiger partial charge in [0.2, 0.25) is 5.91 Å². The maximum atomic E-state index is 12.5. The van der Waals surface area contributed by atoms with Crippen molar-refractivity contribution in [2.24, 2.45) is 5.92 Å². The van der Waals surface area contributed by atoms with E-state index in [1.807, 2.05) is 35.8 Å². The molecule has 2 fully saturated rings. The summed E-state index contributed by atoms with van der Waals surface area (Å²) in [4.78, 5) is 37.8. The minimum absolute atomic E-state index is 0.193. The van der Waals surface area contributed by atoms with Gasteiger partial charge < -0.3 is 20.2 Å². The second kappa shape index (κ2) is 10.1. The fraction of sp³-hybridized carbons (Fsp3) is 0.393. The van der Waals surface area contributed by atoms with Crippen molar-refractivity contribution in [3.8, 4) is 6.07 Å². The zero-order chi connectivity index (χ0) is 26.1. The number of piperazine rings is 1. The molecule has 2 N–H and O–H groups in total. The highest BCUT2D eigenvalue weighted by Gasteiger charge is 2.30. The summed E-state index contributed by atoms with van der Waals surface area (Å²) < 4.78 is 0. The summed E-state index contributed by atoms with van der Waals surface area (Å²) >= 11 is 0. The number of rotatable bonds is 7. The number of hydrogen-bond acceptors (Lipinski definition) is 7. The largest absolute Gasteiger partial charge is 0.478 e. The Hall–Kier alpha value is -4.19. The van der Waals surface area contributed by atoms with Gasteiger partial charge in [-0.25, -0.2) is 14.8 Å². The number of amides is 1. The van der Waals surface area contributed by atoms with Gasteiger partial charge in [0.1, 0.15) is 6.07 Å². The number of hydrogen-bond donors (Lipinski definition) is 2. The van der Waals surface area contributed by atoms with E-state index in [1.54, 1.807) is 24.3 Å². The molecular weight excluding hydrogens is 468 g/mol. The van der Waals surface area contributed by atoms with Crippen LogP contribution in [0.5, 0.6) is 0 Å². The van der Waals surface area contributed by atoms with Crippen LogP contribution in [-0.4, -0.2) is 58.0 Å². The molecule has 1 aliphatic heterocycles. The topological polar surface area (TPSA) is 122 Å². The Labute approximate surface area is 215 Å². The van der Waals surface area contributed by atoms with Crippen LogP contribution in [0.1, 0.15) is 59.4 Å². The minimum Gasteiger partial charge on any atom is -0.478 e. The van der Waals surface area contributed by atoms with E-state index in [-0.39, 0.29) is 23.2 Å². The van der Waals surface area contributed by atoms with Crippen molar-refractivity contribution in [1.82, 2.24) is 14.9 Å². The number of carboxylic acids is 1. The van der Waals surface area contributed by atoms with Crippen LogP contribution in [0.2, 0.25) is 0 Å². The molecule has 1 aromatic heterocycles. The van der Waals surface area contributed by atoms with Crippen LogP contribution in [0.25, 0.3) is 11.0 Å². The summed E-state index contributed by atoms with van der Waals surface area (Å²) in [6.45, 7) is 6.29. The molecule has 2 heterocycles. The van der Waals surface area contributed by atoms with Crippen LogP contribution >= 0.6 is 0 Å². The van der Waals surface area contributed by atoms with Crippen LogP contribution in [0.4, 0.5) is 11.5 Å². The summed E-state index contributed by atoms with van der Waals surface area (Å²) in [5.41, 5.74) is 4.10.